The number of allylic oxidation sites excluding steroid dienone is 1. The molecule has 0 radical (unpaired) electrons. The fourth-order valence-electron chi connectivity index (χ4n) is 6.63. The largest absolute Gasteiger partial charge is 0.438 e. The van der Waals surface area contributed by atoms with Crippen molar-refractivity contribution >= 4 is 29.5 Å². The van der Waals surface area contributed by atoms with Gasteiger partial charge in [-0.15, -0.1) is 0 Å². The lowest BCUT2D eigenvalue weighted by Crippen LogP contribution is -2.52. The van der Waals surface area contributed by atoms with Crippen molar-refractivity contribution in [3.05, 3.63) is 71.3 Å². The Morgan fingerprint density at radius 3 is 2.31 bits per heavy atom. The first kappa shape index (κ1) is 34.9. The monoisotopic (exact) mass is 679 g/mol. The molecule has 1 spiro atoms. The molecule has 0 bridgehead atoms. The second-order valence-electron chi connectivity index (χ2n) is 12.6. The molecule has 3 amide bonds. The Kier molecular flexibility index (Phi) is 9.64. The highest BCUT2D eigenvalue weighted by molar-refractivity contribution is 5.89. The maximum Gasteiger partial charge on any atom is 0.418 e. The predicted octanol–water partition coefficient (Wildman–Crippen LogP) is 5.72. The zero-order valence-corrected chi connectivity index (χ0v) is 26.6. The summed E-state index contributed by atoms with van der Waals surface area (Å²) in [5, 5.41) is 2.66. The van der Waals surface area contributed by atoms with Crippen molar-refractivity contribution in [1.29, 1.82) is 0 Å². The number of hydrogen-bond acceptors (Lipinski definition) is 7. The minimum atomic E-state index is -5.09. The van der Waals surface area contributed by atoms with Gasteiger partial charge in [0.2, 0.25) is 0 Å². The normalized spacial score (nSPS) is 19.0. The summed E-state index contributed by atoms with van der Waals surface area (Å²) < 4.78 is 82.7. The van der Waals surface area contributed by atoms with Gasteiger partial charge in [0.25, 0.3) is 11.8 Å². The summed E-state index contributed by atoms with van der Waals surface area (Å²) in [7, 11) is 3.82. The van der Waals surface area contributed by atoms with Crippen LogP contribution in [0, 0.1) is 0 Å². The standard InChI is InChI=1S/C33H38F5N5O5/c1-4-32(34,35)23-17-20(18-24(27(23)39)33(36,37)38)19-26(28(44)42-13-9-21(10-14-42)41(2)3)47-30(46)43-15-11-31(12-16-43)22-7-5-6-8-25(22)40-29(45)48-31/h4-8,17-18,21,26H,1,9-16,19,39H2,2-3H3,(H,40,45)/t26-/m1/s1. The average Bonchev–Trinajstić information content (AvgIpc) is 3.04. The van der Waals surface area contributed by atoms with E-state index in [0.717, 1.165) is 11.6 Å². The number of hydrogen-bond donors (Lipinski definition) is 2. The number of alkyl halides is 5. The molecule has 260 valence electrons. The highest BCUT2D eigenvalue weighted by Crippen LogP contribution is 2.44. The van der Waals surface area contributed by atoms with Crippen molar-refractivity contribution in [2.45, 2.75) is 61.9 Å². The number of halogens is 5. The summed E-state index contributed by atoms with van der Waals surface area (Å²) in [4.78, 5) is 44.5. The lowest BCUT2D eigenvalue weighted by Gasteiger charge is -2.44. The van der Waals surface area contributed by atoms with Crippen LogP contribution in [0.25, 0.3) is 0 Å². The van der Waals surface area contributed by atoms with Gasteiger partial charge in [-0.1, -0.05) is 24.8 Å². The van der Waals surface area contributed by atoms with Crippen LogP contribution in [0.1, 0.15) is 47.9 Å². The molecule has 3 aliphatic rings. The summed E-state index contributed by atoms with van der Waals surface area (Å²) in [5.74, 6) is -4.57. The number of ether oxygens (including phenoxy) is 2. The molecule has 1 atom stereocenters. The van der Waals surface area contributed by atoms with Gasteiger partial charge in [-0.3, -0.25) is 10.1 Å². The molecule has 2 saturated heterocycles. The number of amides is 3. The zero-order chi connectivity index (χ0) is 35.0. The Balaban J connectivity index is 1.40. The second kappa shape index (κ2) is 13.2. The lowest BCUT2D eigenvalue weighted by atomic mass is 9.82. The number of piperidine rings is 2. The van der Waals surface area contributed by atoms with E-state index in [1.165, 1.54) is 9.80 Å². The van der Waals surface area contributed by atoms with Crippen molar-refractivity contribution in [3.63, 3.8) is 0 Å². The Morgan fingerprint density at radius 1 is 1.08 bits per heavy atom. The number of para-hydroxylation sites is 1. The first-order valence-electron chi connectivity index (χ1n) is 15.6. The summed E-state index contributed by atoms with van der Waals surface area (Å²) in [6, 6.07) is 8.71. The van der Waals surface area contributed by atoms with Crippen LogP contribution in [-0.4, -0.2) is 85.2 Å². The molecule has 2 fully saturated rings. The maximum atomic E-state index is 14.7. The number of anilines is 2. The van der Waals surface area contributed by atoms with Crippen molar-refractivity contribution in [1.82, 2.24) is 14.7 Å². The van der Waals surface area contributed by atoms with Gasteiger partial charge < -0.3 is 29.9 Å². The topological polar surface area (TPSA) is 117 Å². The van der Waals surface area contributed by atoms with Gasteiger partial charge in [0.1, 0.15) is 5.60 Å². The second-order valence-corrected chi connectivity index (χ2v) is 12.6. The summed E-state index contributed by atoms with van der Waals surface area (Å²) in [5.41, 5.74) is 1.81. The third kappa shape index (κ3) is 7.05. The van der Waals surface area contributed by atoms with E-state index in [0.29, 0.717) is 37.7 Å². The van der Waals surface area contributed by atoms with Gasteiger partial charge in [0.15, 0.2) is 6.10 Å². The highest BCUT2D eigenvalue weighted by atomic mass is 19.4. The van der Waals surface area contributed by atoms with Crippen molar-refractivity contribution < 1.29 is 45.8 Å². The van der Waals surface area contributed by atoms with Crippen molar-refractivity contribution in [2.75, 3.05) is 51.3 Å². The Morgan fingerprint density at radius 2 is 1.71 bits per heavy atom. The average molecular weight is 680 g/mol. The fraction of sp³-hybridized carbons (Fsp3) is 0.485. The van der Waals surface area contributed by atoms with Crippen molar-refractivity contribution in [3.8, 4) is 0 Å². The SMILES string of the molecule is C=CC(F)(F)c1cc(C[C@@H](OC(=O)N2CCC3(CC2)OC(=O)Nc2ccccc23)C(=O)N2CCC(N(C)C)CC2)cc(C(F)(F)F)c1N. The number of nitrogens with two attached hydrogens (primary N) is 1. The molecule has 5 rings (SSSR count). The van der Waals surface area contributed by atoms with Crippen LogP contribution in [0.15, 0.2) is 49.1 Å². The highest BCUT2D eigenvalue weighted by Gasteiger charge is 2.46. The molecule has 0 aromatic heterocycles. The molecule has 3 heterocycles. The molecule has 10 nitrogen and oxygen atoms in total. The molecule has 3 aliphatic heterocycles. The van der Waals surface area contributed by atoms with Crippen LogP contribution in [0.3, 0.4) is 0 Å². The number of nitrogens with one attached hydrogen (secondary N) is 1. The summed E-state index contributed by atoms with van der Waals surface area (Å²) in [6.07, 6.45) is -7.03. The van der Waals surface area contributed by atoms with Crippen LogP contribution in [-0.2, 0) is 38.4 Å². The van der Waals surface area contributed by atoms with E-state index in [4.69, 9.17) is 15.2 Å². The quantitative estimate of drug-likeness (QED) is 0.219. The van der Waals surface area contributed by atoms with Gasteiger partial charge in [-0.2, -0.15) is 22.0 Å². The first-order chi connectivity index (χ1) is 22.5. The predicted molar refractivity (Wildman–Crippen MR) is 166 cm³/mol. The molecule has 0 aliphatic carbocycles. The van der Waals surface area contributed by atoms with Crippen LogP contribution >= 0.6 is 0 Å². The molecule has 0 saturated carbocycles. The Bertz CT molecular complexity index is 1570. The van der Waals surface area contributed by atoms with E-state index in [1.807, 2.05) is 25.1 Å². The Hall–Kier alpha value is -4.40. The molecule has 15 heteroatoms. The molecular formula is C33H38F5N5O5. The van der Waals surface area contributed by atoms with Crippen LogP contribution < -0.4 is 11.1 Å². The molecule has 0 unspecified atom stereocenters. The molecule has 3 N–H and O–H groups in total. The molecular weight excluding hydrogens is 641 g/mol. The number of fused-ring (bicyclic) bond motifs is 2. The van der Waals surface area contributed by atoms with Gasteiger partial charge in [-0.25, -0.2) is 9.59 Å². The fourth-order valence-corrected chi connectivity index (χ4v) is 6.63. The first-order valence-corrected chi connectivity index (χ1v) is 15.6. The van der Waals surface area contributed by atoms with Gasteiger partial charge in [-0.05, 0) is 56.8 Å². The minimum Gasteiger partial charge on any atom is -0.438 e. The Labute approximate surface area is 274 Å². The number of carbonyl (C=O) groups is 3. The third-order valence-corrected chi connectivity index (χ3v) is 9.38. The molecule has 2 aromatic carbocycles. The number of rotatable bonds is 7. The molecule has 48 heavy (non-hydrogen) atoms. The van der Waals surface area contributed by atoms with Gasteiger partial charge in [0.05, 0.1) is 16.9 Å². The number of nitrogens with zero attached hydrogens (tertiary/aromatic N) is 3. The maximum absolute atomic E-state index is 14.7. The van der Waals surface area contributed by atoms with E-state index < -0.39 is 65.1 Å². The third-order valence-electron chi connectivity index (χ3n) is 9.38. The number of likely N-dealkylation sites (tertiary alicyclic amines) is 2. The van der Waals surface area contributed by atoms with Gasteiger partial charge >= 0.3 is 18.4 Å². The summed E-state index contributed by atoms with van der Waals surface area (Å²) in [6.45, 7) is 3.78. The van der Waals surface area contributed by atoms with E-state index in [9.17, 15) is 36.3 Å². The number of nitrogen functional groups attached to an aromatic ring is 1. The van der Waals surface area contributed by atoms with Crippen LogP contribution in [0.5, 0.6) is 0 Å². The van der Waals surface area contributed by atoms with E-state index in [1.54, 1.807) is 18.2 Å². The zero-order valence-electron chi connectivity index (χ0n) is 26.6. The van der Waals surface area contributed by atoms with E-state index in [2.05, 4.69) is 11.9 Å². The number of benzene rings is 2. The van der Waals surface area contributed by atoms with Crippen LogP contribution in [0.4, 0.5) is 42.9 Å². The summed E-state index contributed by atoms with van der Waals surface area (Å²) >= 11 is 0. The van der Waals surface area contributed by atoms with E-state index >= 15 is 0 Å². The number of carbonyl (C=O) groups excluding carboxylic acids is 3. The van der Waals surface area contributed by atoms with Crippen molar-refractivity contribution in [2.24, 2.45) is 0 Å². The van der Waals surface area contributed by atoms with Gasteiger partial charge in [0, 0.05) is 62.6 Å². The minimum absolute atomic E-state index is 0.0748. The van der Waals surface area contributed by atoms with E-state index in [-0.39, 0.29) is 43.6 Å². The van der Waals surface area contributed by atoms with Crippen LogP contribution in [0.2, 0.25) is 0 Å². The smallest absolute Gasteiger partial charge is 0.418 e. The molecule has 2 aromatic rings. The lowest BCUT2D eigenvalue weighted by molar-refractivity contribution is -0.142.